The summed E-state index contributed by atoms with van der Waals surface area (Å²) in [5, 5.41) is 3.25. The number of piperidine rings is 1. The van der Waals surface area contributed by atoms with Crippen LogP contribution in [0.5, 0.6) is 0 Å². The quantitative estimate of drug-likeness (QED) is 0.880. The van der Waals surface area contributed by atoms with Crippen molar-refractivity contribution in [1.82, 2.24) is 10.2 Å². The summed E-state index contributed by atoms with van der Waals surface area (Å²) in [7, 11) is 0. The van der Waals surface area contributed by atoms with Gasteiger partial charge in [-0.15, -0.1) is 0 Å². The monoisotopic (exact) mass is 354 g/mol. The molecule has 1 saturated carbocycles. The van der Waals surface area contributed by atoms with Gasteiger partial charge in [0.2, 0.25) is 5.91 Å². The van der Waals surface area contributed by atoms with Crippen molar-refractivity contribution >= 4 is 5.91 Å². The zero-order valence-corrected chi connectivity index (χ0v) is 14.5. The van der Waals surface area contributed by atoms with Crippen LogP contribution < -0.4 is 5.32 Å². The molecule has 0 radical (unpaired) electrons. The fourth-order valence-electron chi connectivity index (χ4n) is 3.90. The van der Waals surface area contributed by atoms with Gasteiger partial charge in [0.05, 0.1) is 0 Å². The SMILES string of the molecule is Cc1ccc(CCN(CC(F)(F)F)C(=O)C2CC23CCNCC3)cc1. The van der Waals surface area contributed by atoms with Crippen molar-refractivity contribution in [3.63, 3.8) is 0 Å². The van der Waals surface area contributed by atoms with Crippen molar-refractivity contribution in [1.29, 1.82) is 0 Å². The van der Waals surface area contributed by atoms with E-state index in [9.17, 15) is 18.0 Å². The maximum atomic E-state index is 13.0. The number of nitrogens with zero attached hydrogens (tertiary/aromatic N) is 1. The summed E-state index contributed by atoms with van der Waals surface area (Å²) in [5.74, 6) is -0.540. The molecule has 25 heavy (non-hydrogen) atoms. The van der Waals surface area contributed by atoms with Gasteiger partial charge in [-0.1, -0.05) is 29.8 Å². The molecule has 1 heterocycles. The molecule has 1 aromatic carbocycles. The largest absolute Gasteiger partial charge is 0.406 e. The van der Waals surface area contributed by atoms with Gasteiger partial charge in [-0.2, -0.15) is 13.2 Å². The Morgan fingerprint density at radius 2 is 1.88 bits per heavy atom. The molecule has 1 N–H and O–H groups in total. The van der Waals surface area contributed by atoms with Crippen LogP contribution in [0.4, 0.5) is 13.2 Å². The number of aryl methyl sites for hydroxylation is 1. The van der Waals surface area contributed by atoms with Crippen LogP contribution in [0.2, 0.25) is 0 Å². The van der Waals surface area contributed by atoms with Gasteiger partial charge in [0.15, 0.2) is 0 Å². The van der Waals surface area contributed by atoms with Gasteiger partial charge in [0, 0.05) is 12.5 Å². The minimum absolute atomic E-state index is 0.0456. The van der Waals surface area contributed by atoms with Crippen LogP contribution in [0.15, 0.2) is 24.3 Å². The van der Waals surface area contributed by atoms with Gasteiger partial charge in [0.1, 0.15) is 6.54 Å². The number of benzene rings is 1. The Hall–Kier alpha value is -1.56. The Labute approximate surface area is 146 Å². The molecule has 0 aromatic heterocycles. The van der Waals surface area contributed by atoms with Crippen LogP contribution in [0.1, 0.15) is 30.4 Å². The molecule has 1 atom stereocenters. The summed E-state index contributed by atoms with van der Waals surface area (Å²) in [6, 6.07) is 7.71. The molecular formula is C19H25F3N2O. The molecule has 1 saturated heterocycles. The van der Waals surface area contributed by atoms with Gasteiger partial charge >= 0.3 is 6.18 Å². The Balaban J connectivity index is 1.64. The highest BCUT2D eigenvalue weighted by molar-refractivity contribution is 5.82. The number of amides is 1. The summed E-state index contributed by atoms with van der Waals surface area (Å²) in [6.07, 6.45) is -1.39. The zero-order chi connectivity index (χ0) is 18.1. The fourth-order valence-corrected chi connectivity index (χ4v) is 3.90. The summed E-state index contributed by atoms with van der Waals surface area (Å²) < 4.78 is 38.9. The van der Waals surface area contributed by atoms with Crippen LogP contribution in [0, 0.1) is 18.3 Å². The molecule has 2 aliphatic rings. The molecule has 6 heteroatoms. The third-order valence-electron chi connectivity index (χ3n) is 5.56. The van der Waals surface area contributed by atoms with E-state index in [-0.39, 0.29) is 23.8 Å². The van der Waals surface area contributed by atoms with Crippen molar-refractivity contribution in [2.75, 3.05) is 26.2 Å². The lowest BCUT2D eigenvalue weighted by Gasteiger charge is -2.28. The van der Waals surface area contributed by atoms with Crippen LogP contribution >= 0.6 is 0 Å². The highest BCUT2D eigenvalue weighted by atomic mass is 19.4. The number of carbonyl (C=O) groups excluding carboxylic acids is 1. The average Bonchev–Trinajstić information content (AvgIpc) is 3.25. The van der Waals surface area contributed by atoms with E-state index in [0.29, 0.717) is 6.42 Å². The average molecular weight is 354 g/mol. The molecule has 1 aromatic rings. The topological polar surface area (TPSA) is 32.3 Å². The van der Waals surface area contributed by atoms with Gasteiger partial charge in [-0.05, 0) is 56.7 Å². The molecule has 138 valence electrons. The lowest BCUT2D eigenvalue weighted by molar-refractivity contribution is -0.162. The Kier molecular flexibility index (Phi) is 5.09. The van der Waals surface area contributed by atoms with E-state index in [0.717, 1.165) is 48.4 Å². The molecule has 2 fully saturated rings. The fraction of sp³-hybridized carbons (Fsp3) is 0.632. The predicted molar refractivity (Wildman–Crippen MR) is 90.2 cm³/mol. The maximum absolute atomic E-state index is 13.0. The summed E-state index contributed by atoms with van der Waals surface area (Å²) >= 11 is 0. The van der Waals surface area contributed by atoms with Crippen molar-refractivity contribution in [3.8, 4) is 0 Å². The molecule has 3 rings (SSSR count). The third kappa shape index (κ3) is 4.54. The predicted octanol–water partition coefficient (Wildman–Crippen LogP) is 3.32. The lowest BCUT2D eigenvalue weighted by atomic mass is 9.91. The molecule has 0 bridgehead atoms. The van der Waals surface area contributed by atoms with Gasteiger partial charge in [-0.25, -0.2) is 0 Å². The second kappa shape index (κ2) is 6.98. The molecule has 3 nitrogen and oxygen atoms in total. The molecule has 1 spiro atoms. The lowest BCUT2D eigenvalue weighted by Crippen LogP contribution is -2.42. The number of nitrogens with one attached hydrogen (secondary N) is 1. The Bertz CT molecular complexity index is 606. The number of rotatable bonds is 5. The first kappa shape index (κ1) is 18.2. The van der Waals surface area contributed by atoms with Crippen LogP contribution in [-0.2, 0) is 11.2 Å². The van der Waals surface area contributed by atoms with E-state index in [1.807, 2.05) is 31.2 Å². The molecule has 1 aliphatic carbocycles. The van der Waals surface area contributed by atoms with E-state index in [2.05, 4.69) is 5.32 Å². The summed E-state index contributed by atoms with van der Waals surface area (Å²) in [5.41, 5.74) is 2.02. The molecule has 1 unspecified atom stereocenters. The van der Waals surface area contributed by atoms with Crippen molar-refractivity contribution in [3.05, 3.63) is 35.4 Å². The molecule has 1 amide bonds. The van der Waals surface area contributed by atoms with Crippen molar-refractivity contribution < 1.29 is 18.0 Å². The van der Waals surface area contributed by atoms with Crippen LogP contribution in [0.3, 0.4) is 0 Å². The molecule has 1 aliphatic heterocycles. The second-order valence-electron chi connectivity index (χ2n) is 7.48. The number of hydrogen-bond acceptors (Lipinski definition) is 2. The smallest absolute Gasteiger partial charge is 0.333 e. The normalized spacial score (nSPS) is 22.0. The summed E-state index contributed by atoms with van der Waals surface area (Å²) in [6.45, 7) is 2.64. The number of hydrogen-bond donors (Lipinski definition) is 1. The standard InChI is InChI=1S/C19H25F3N2O/c1-14-2-4-15(5-3-14)6-11-24(13-19(20,21)22)17(25)16-12-18(16)7-9-23-10-8-18/h2-5,16,23H,6-13H2,1H3. The van der Waals surface area contributed by atoms with E-state index in [1.165, 1.54) is 0 Å². The van der Waals surface area contributed by atoms with E-state index < -0.39 is 12.7 Å². The van der Waals surface area contributed by atoms with Crippen LogP contribution in [-0.4, -0.2) is 43.2 Å². The highest BCUT2D eigenvalue weighted by Gasteiger charge is 2.59. The van der Waals surface area contributed by atoms with Gasteiger partial charge < -0.3 is 10.2 Å². The van der Waals surface area contributed by atoms with Crippen molar-refractivity contribution in [2.45, 2.75) is 38.8 Å². The minimum Gasteiger partial charge on any atom is -0.333 e. The minimum atomic E-state index is -4.36. The van der Waals surface area contributed by atoms with E-state index >= 15 is 0 Å². The number of carbonyl (C=O) groups is 1. The highest BCUT2D eigenvalue weighted by Crippen LogP contribution is 2.59. The Morgan fingerprint density at radius 3 is 2.48 bits per heavy atom. The second-order valence-corrected chi connectivity index (χ2v) is 7.48. The van der Waals surface area contributed by atoms with Crippen molar-refractivity contribution in [2.24, 2.45) is 11.3 Å². The Morgan fingerprint density at radius 1 is 1.24 bits per heavy atom. The van der Waals surface area contributed by atoms with E-state index in [4.69, 9.17) is 0 Å². The van der Waals surface area contributed by atoms with E-state index in [1.54, 1.807) is 0 Å². The van der Waals surface area contributed by atoms with Gasteiger partial charge in [-0.3, -0.25) is 4.79 Å². The maximum Gasteiger partial charge on any atom is 0.406 e. The zero-order valence-electron chi connectivity index (χ0n) is 14.5. The van der Waals surface area contributed by atoms with Crippen LogP contribution in [0.25, 0.3) is 0 Å². The number of alkyl halides is 3. The first-order valence-electron chi connectivity index (χ1n) is 8.91. The number of halogens is 3. The summed E-state index contributed by atoms with van der Waals surface area (Å²) in [4.78, 5) is 13.8. The first-order chi connectivity index (χ1) is 11.8. The first-order valence-corrected chi connectivity index (χ1v) is 8.91. The van der Waals surface area contributed by atoms with Gasteiger partial charge in [0.25, 0.3) is 0 Å². The third-order valence-corrected chi connectivity index (χ3v) is 5.56. The molecular weight excluding hydrogens is 329 g/mol.